The zero-order valence-electron chi connectivity index (χ0n) is 18.8. The molecule has 3 aliphatic heterocycles. The molecular weight excluding hydrogens is 426 g/mol. The Hall–Kier alpha value is -2.06. The lowest BCUT2D eigenvalue weighted by molar-refractivity contribution is -0.145. The second-order valence-corrected chi connectivity index (χ2v) is 9.93. The fourth-order valence-electron chi connectivity index (χ4n) is 4.88. The summed E-state index contributed by atoms with van der Waals surface area (Å²) in [5.41, 5.74) is 2.48. The van der Waals surface area contributed by atoms with Crippen molar-refractivity contribution < 1.29 is 19.1 Å². The van der Waals surface area contributed by atoms with Gasteiger partial charge in [0.2, 0.25) is 11.8 Å². The second kappa shape index (κ2) is 10.7. The summed E-state index contributed by atoms with van der Waals surface area (Å²) in [6, 6.07) is 6.15. The molecule has 4 rings (SSSR count). The molecule has 1 atom stereocenters. The predicted molar refractivity (Wildman–Crippen MR) is 125 cm³/mol. The summed E-state index contributed by atoms with van der Waals surface area (Å²) in [6.07, 6.45) is 4.94. The number of amides is 2. The molecule has 1 N–H and O–H groups in total. The average molecular weight is 460 g/mol. The van der Waals surface area contributed by atoms with Gasteiger partial charge in [0.25, 0.3) is 0 Å². The van der Waals surface area contributed by atoms with Crippen molar-refractivity contribution in [1.82, 2.24) is 10.2 Å². The molecule has 2 saturated heterocycles. The number of fused-ring (bicyclic) bond motifs is 1. The van der Waals surface area contributed by atoms with Crippen LogP contribution in [0.25, 0.3) is 0 Å². The van der Waals surface area contributed by atoms with E-state index in [4.69, 9.17) is 4.74 Å². The van der Waals surface area contributed by atoms with Crippen LogP contribution in [-0.4, -0.2) is 67.3 Å². The van der Waals surface area contributed by atoms with Crippen LogP contribution in [0, 0.1) is 0 Å². The zero-order chi connectivity index (χ0) is 22.5. The molecule has 32 heavy (non-hydrogen) atoms. The van der Waals surface area contributed by atoms with Crippen LogP contribution in [0.1, 0.15) is 56.9 Å². The van der Waals surface area contributed by atoms with Crippen LogP contribution < -0.4 is 10.2 Å². The topological polar surface area (TPSA) is 79.0 Å². The number of carbonyl (C=O) groups is 3. The Labute approximate surface area is 194 Å². The summed E-state index contributed by atoms with van der Waals surface area (Å²) in [5, 5.41) is 2.50. The zero-order valence-corrected chi connectivity index (χ0v) is 19.6. The van der Waals surface area contributed by atoms with Crippen LogP contribution in [-0.2, 0) is 19.1 Å². The SMILES string of the molecule is CCCCOC(=O)CN1CCC(c2cccc3c2SCCN3C2CCC(=O)NC2=O)CC1. The number of imide groups is 1. The number of benzene rings is 1. The molecule has 0 saturated carbocycles. The smallest absolute Gasteiger partial charge is 0.320 e. The quantitative estimate of drug-likeness (QED) is 0.382. The number of hydrogen-bond donors (Lipinski definition) is 1. The van der Waals surface area contributed by atoms with Crippen molar-refractivity contribution in [2.75, 3.05) is 43.4 Å². The van der Waals surface area contributed by atoms with Gasteiger partial charge in [0, 0.05) is 23.6 Å². The number of nitrogens with zero attached hydrogens (tertiary/aromatic N) is 2. The van der Waals surface area contributed by atoms with Gasteiger partial charge in [0.1, 0.15) is 6.04 Å². The van der Waals surface area contributed by atoms with E-state index in [1.165, 1.54) is 10.5 Å². The number of anilines is 1. The number of carbonyl (C=O) groups excluding carboxylic acids is 3. The van der Waals surface area contributed by atoms with Gasteiger partial charge in [0.05, 0.1) is 18.8 Å². The number of unbranched alkanes of at least 4 members (excludes halogenated alkanes) is 1. The molecule has 0 bridgehead atoms. The standard InChI is InChI=1S/C24H33N3O4S/c1-2-3-14-31-22(29)16-26-11-9-17(10-12-26)18-5-4-6-19-23(18)32-15-13-27(19)20-7-8-21(28)25-24(20)30/h4-6,17,20H,2-3,7-16H2,1H3,(H,25,28,30). The minimum absolute atomic E-state index is 0.121. The summed E-state index contributed by atoms with van der Waals surface area (Å²) in [7, 11) is 0. The van der Waals surface area contributed by atoms with Gasteiger partial charge in [-0.3, -0.25) is 24.6 Å². The summed E-state index contributed by atoms with van der Waals surface area (Å²) in [6.45, 7) is 5.57. The van der Waals surface area contributed by atoms with Gasteiger partial charge in [-0.1, -0.05) is 25.5 Å². The highest BCUT2D eigenvalue weighted by atomic mass is 32.2. The van der Waals surface area contributed by atoms with Crippen molar-refractivity contribution in [3.8, 4) is 0 Å². The number of nitrogens with one attached hydrogen (secondary N) is 1. The molecule has 2 fully saturated rings. The third-order valence-corrected chi connectivity index (χ3v) is 7.76. The third kappa shape index (κ3) is 5.29. The molecule has 8 heteroatoms. The molecule has 0 aromatic heterocycles. The first-order chi connectivity index (χ1) is 15.6. The van der Waals surface area contributed by atoms with E-state index in [2.05, 4.69) is 40.2 Å². The summed E-state index contributed by atoms with van der Waals surface area (Å²) >= 11 is 1.87. The van der Waals surface area contributed by atoms with E-state index in [0.29, 0.717) is 31.9 Å². The first-order valence-electron chi connectivity index (χ1n) is 11.8. The molecule has 1 aromatic rings. The molecule has 1 unspecified atom stereocenters. The summed E-state index contributed by atoms with van der Waals surface area (Å²) < 4.78 is 5.31. The van der Waals surface area contributed by atoms with Crippen molar-refractivity contribution in [2.24, 2.45) is 0 Å². The first kappa shape index (κ1) is 23.1. The first-order valence-corrected chi connectivity index (χ1v) is 12.8. The number of esters is 1. The highest BCUT2D eigenvalue weighted by Crippen LogP contribution is 2.43. The fourth-order valence-corrected chi connectivity index (χ4v) is 6.10. The van der Waals surface area contributed by atoms with E-state index in [-0.39, 0.29) is 23.8 Å². The van der Waals surface area contributed by atoms with Crippen LogP contribution in [0.2, 0.25) is 0 Å². The Kier molecular flexibility index (Phi) is 7.73. The largest absolute Gasteiger partial charge is 0.465 e. The van der Waals surface area contributed by atoms with E-state index in [1.54, 1.807) is 0 Å². The molecule has 1 aromatic carbocycles. The third-order valence-electron chi connectivity index (χ3n) is 6.64. The molecule has 3 heterocycles. The maximum atomic E-state index is 12.5. The Morgan fingerprint density at radius 2 is 2.00 bits per heavy atom. The maximum Gasteiger partial charge on any atom is 0.320 e. The van der Waals surface area contributed by atoms with Gasteiger partial charge in [-0.15, -0.1) is 11.8 Å². The molecule has 0 aliphatic carbocycles. The molecular formula is C24H33N3O4S. The number of piperidine rings is 2. The fraction of sp³-hybridized carbons (Fsp3) is 0.625. The van der Waals surface area contributed by atoms with Crippen LogP contribution in [0.3, 0.4) is 0 Å². The molecule has 3 aliphatic rings. The maximum absolute atomic E-state index is 12.5. The molecule has 2 amide bonds. The summed E-state index contributed by atoms with van der Waals surface area (Å²) in [5.74, 6) is 0.914. The van der Waals surface area contributed by atoms with E-state index in [9.17, 15) is 14.4 Å². The normalized spacial score (nSPS) is 22.4. The lowest BCUT2D eigenvalue weighted by atomic mass is 9.88. The van der Waals surface area contributed by atoms with Crippen molar-refractivity contribution in [2.45, 2.75) is 62.3 Å². The van der Waals surface area contributed by atoms with E-state index in [0.717, 1.165) is 56.8 Å². The van der Waals surface area contributed by atoms with Crippen molar-refractivity contribution >= 4 is 35.2 Å². The average Bonchev–Trinajstić information content (AvgIpc) is 2.79. The molecule has 0 radical (unpaired) electrons. The van der Waals surface area contributed by atoms with Gasteiger partial charge in [-0.2, -0.15) is 0 Å². The Bertz CT molecular complexity index is 854. The van der Waals surface area contributed by atoms with Gasteiger partial charge >= 0.3 is 5.97 Å². The Balaban J connectivity index is 1.40. The van der Waals surface area contributed by atoms with Crippen molar-refractivity contribution in [1.29, 1.82) is 0 Å². The number of thioether (sulfide) groups is 1. The van der Waals surface area contributed by atoms with Crippen LogP contribution >= 0.6 is 11.8 Å². The van der Waals surface area contributed by atoms with Gasteiger partial charge < -0.3 is 9.64 Å². The van der Waals surface area contributed by atoms with E-state index in [1.807, 2.05) is 11.8 Å². The van der Waals surface area contributed by atoms with Gasteiger partial charge in [-0.05, 0) is 56.3 Å². The predicted octanol–water partition coefficient (Wildman–Crippen LogP) is 2.93. The van der Waals surface area contributed by atoms with E-state index >= 15 is 0 Å². The monoisotopic (exact) mass is 459 g/mol. The van der Waals surface area contributed by atoms with Gasteiger partial charge in [-0.25, -0.2) is 0 Å². The second-order valence-electron chi connectivity index (χ2n) is 8.83. The molecule has 7 nitrogen and oxygen atoms in total. The van der Waals surface area contributed by atoms with Crippen molar-refractivity contribution in [3.05, 3.63) is 23.8 Å². The van der Waals surface area contributed by atoms with Gasteiger partial charge in [0.15, 0.2) is 0 Å². The van der Waals surface area contributed by atoms with Crippen LogP contribution in [0.5, 0.6) is 0 Å². The molecule has 174 valence electrons. The Morgan fingerprint density at radius 1 is 1.19 bits per heavy atom. The highest BCUT2D eigenvalue weighted by Gasteiger charge is 2.35. The number of ether oxygens (including phenoxy) is 1. The van der Waals surface area contributed by atoms with E-state index < -0.39 is 0 Å². The lowest BCUT2D eigenvalue weighted by Gasteiger charge is -2.40. The van der Waals surface area contributed by atoms with Crippen LogP contribution in [0.15, 0.2) is 23.1 Å². The lowest BCUT2D eigenvalue weighted by Crippen LogP contribution is -2.54. The number of hydrogen-bond acceptors (Lipinski definition) is 7. The number of likely N-dealkylation sites (tertiary alicyclic amines) is 1. The minimum Gasteiger partial charge on any atom is -0.465 e. The Morgan fingerprint density at radius 3 is 2.75 bits per heavy atom. The minimum atomic E-state index is -0.275. The van der Waals surface area contributed by atoms with Crippen molar-refractivity contribution in [3.63, 3.8) is 0 Å². The molecule has 0 spiro atoms. The number of rotatable bonds is 7. The highest BCUT2D eigenvalue weighted by molar-refractivity contribution is 7.99. The van der Waals surface area contributed by atoms with Crippen LogP contribution in [0.4, 0.5) is 5.69 Å². The summed E-state index contributed by atoms with van der Waals surface area (Å²) in [4.78, 5) is 41.8.